The molecule has 138 valence electrons. The molecule has 2 aromatic rings. The second-order valence-electron chi connectivity index (χ2n) is 6.18. The highest BCUT2D eigenvalue weighted by Crippen LogP contribution is 2.29. The molecule has 7 heteroatoms. The molecule has 0 aliphatic carbocycles. The molecule has 3 rings (SSSR count). The van der Waals surface area contributed by atoms with Gasteiger partial charge < -0.3 is 19.7 Å². The third kappa shape index (κ3) is 4.22. The number of rotatable bonds is 5. The lowest BCUT2D eigenvalue weighted by atomic mass is 10.2. The average Bonchev–Trinajstić information content (AvgIpc) is 2.97. The van der Waals surface area contributed by atoms with Gasteiger partial charge in [0.1, 0.15) is 11.5 Å². The van der Waals surface area contributed by atoms with Crippen molar-refractivity contribution < 1.29 is 14.3 Å². The number of ether oxygens (including phenoxy) is 2. The summed E-state index contributed by atoms with van der Waals surface area (Å²) in [6.45, 7) is 1.98. The first kappa shape index (κ1) is 18.0. The van der Waals surface area contributed by atoms with Crippen LogP contribution in [0.4, 0.5) is 11.5 Å². The molecule has 0 unspecified atom stereocenters. The molecular formula is C19H24N4O3. The number of amides is 1. The molecule has 7 nitrogen and oxygen atoms in total. The van der Waals surface area contributed by atoms with Gasteiger partial charge >= 0.3 is 0 Å². The van der Waals surface area contributed by atoms with Crippen LogP contribution in [-0.2, 0) is 0 Å². The molecule has 0 spiro atoms. The summed E-state index contributed by atoms with van der Waals surface area (Å²) in [5.41, 5.74) is 0.879. The Balaban J connectivity index is 1.68. The van der Waals surface area contributed by atoms with E-state index in [1.54, 1.807) is 38.6 Å². The van der Waals surface area contributed by atoms with E-state index >= 15 is 0 Å². The van der Waals surface area contributed by atoms with E-state index in [0.717, 1.165) is 18.9 Å². The molecule has 2 heterocycles. The van der Waals surface area contributed by atoms with E-state index in [2.05, 4.69) is 20.2 Å². The van der Waals surface area contributed by atoms with Gasteiger partial charge in [0.15, 0.2) is 11.5 Å². The van der Waals surface area contributed by atoms with Crippen LogP contribution < -0.4 is 19.7 Å². The van der Waals surface area contributed by atoms with E-state index in [1.807, 2.05) is 0 Å². The lowest BCUT2D eigenvalue weighted by Crippen LogP contribution is -2.25. The molecule has 1 amide bonds. The van der Waals surface area contributed by atoms with E-state index in [1.165, 1.54) is 31.9 Å². The maximum atomic E-state index is 12.4. The summed E-state index contributed by atoms with van der Waals surface area (Å²) in [5, 5.41) is 2.80. The van der Waals surface area contributed by atoms with Crippen LogP contribution in [0.5, 0.6) is 11.5 Å². The number of aromatic nitrogens is 2. The van der Waals surface area contributed by atoms with Crippen molar-refractivity contribution in [3.05, 3.63) is 36.3 Å². The van der Waals surface area contributed by atoms with Crippen LogP contribution >= 0.6 is 0 Å². The zero-order chi connectivity index (χ0) is 18.4. The molecule has 1 aliphatic rings. The number of carbonyl (C=O) groups excluding carboxylic acids is 1. The Labute approximate surface area is 153 Å². The summed E-state index contributed by atoms with van der Waals surface area (Å²) >= 11 is 0. The van der Waals surface area contributed by atoms with Crippen LogP contribution in [0.3, 0.4) is 0 Å². The van der Waals surface area contributed by atoms with Crippen LogP contribution in [-0.4, -0.2) is 43.2 Å². The Morgan fingerprint density at radius 1 is 1.00 bits per heavy atom. The smallest absolute Gasteiger partial charge is 0.275 e. The molecule has 1 aromatic carbocycles. The average molecular weight is 356 g/mol. The van der Waals surface area contributed by atoms with Crippen molar-refractivity contribution >= 4 is 17.4 Å². The van der Waals surface area contributed by atoms with Gasteiger partial charge in [0.05, 0.1) is 26.6 Å². The Morgan fingerprint density at radius 3 is 2.35 bits per heavy atom. The number of nitrogens with zero attached hydrogens (tertiary/aromatic N) is 3. The van der Waals surface area contributed by atoms with Crippen molar-refractivity contribution in [3.63, 3.8) is 0 Å². The topological polar surface area (TPSA) is 76.6 Å². The number of nitrogens with one attached hydrogen (secondary N) is 1. The fourth-order valence-electron chi connectivity index (χ4n) is 3.01. The Bertz CT molecular complexity index is 741. The minimum atomic E-state index is -0.313. The Hall–Kier alpha value is -2.83. The number of anilines is 2. The molecule has 1 N–H and O–H groups in total. The molecule has 0 saturated carbocycles. The number of hydrogen-bond acceptors (Lipinski definition) is 6. The van der Waals surface area contributed by atoms with Crippen LogP contribution in [0.25, 0.3) is 0 Å². The lowest BCUT2D eigenvalue weighted by molar-refractivity contribution is 0.102. The van der Waals surface area contributed by atoms with Crippen LogP contribution in [0.2, 0.25) is 0 Å². The SMILES string of the molecule is COc1ccc(NC(=O)c2cnc(N3CCCCCC3)cn2)cc1OC. The van der Waals surface area contributed by atoms with Crippen LogP contribution in [0, 0.1) is 0 Å². The zero-order valence-electron chi connectivity index (χ0n) is 15.2. The molecule has 1 aliphatic heterocycles. The van der Waals surface area contributed by atoms with Gasteiger partial charge in [-0.2, -0.15) is 0 Å². The summed E-state index contributed by atoms with van der Waals surface area (Å²) in [7, 11) is 3.12. The minimum Gasteiger partial charge on any atom is -0.493 e. The molecule has 0 bridgehead atoms. The highest BCUT2D eigenvalue weighted by molar-refractivity contribution is 6.02. The molecule has 0 atom stereocenters. The van der Waals surface area contributed by atoms with Gasteiger partial charge in [0, 0.05) is 24.8 Å². The standard InChI is InChI=1S/C19H24N4O3/c1-25-16-8-7-14(11-17(16)26-2)22-19(24)15-12-21-18(13-20-15)23-9-5-3-4-6-10-23/h7-8,11-13H,3-6,9-10H2,1-2H3,(H,22,24). The summed E-state index contributed by atoms with van der Waals surface area (Å²) < 4.78 is 10.4. The molecule has 1 saturated heterocycles. The van der Waals surface area contributed by atoms with E-state index in [4.69, 9.17) is 9.47 Å². The number of benzene rings is 1. The van der Waals surface area contributed by atoms with Crippen molar-refractivity contribution in [2.24, 2.45) is 0 Å². The molecule has 1 aromatic heterocycles. The summed E-state index contributed by atoms with van der Waals surface area (Å²) in [5.74, 6) is 1.67. The minimum absolute atomic E-state index is 0.276. The summed E-state index contributed by atoms with van der Waals surface area (Å²) in [4.78, 5) is 23.4. The van der Waals surface area contributed by atoms with Gasteiger partial charge in [0.2, 0.25) is 0 Å². The molecule has 1 fully saturated rings. The van der Waals surface area contributed by atoms with E-state index in [9.17, 15) is 4.79 Å². The fourth-order valence-corrected chi connectivity index (χ4v) is 3.01. The van der Waals surface area contributed by atoms with E-state index < -0.39 is 0 Å². The fraction of sp³-hybridized carbons (Fsp3) is 0.421. The highest BCUT2D eigenvalue weighted by Gasteiger charge is 2.14. The van der Waals surface area contributed by atoms with Gasteiger partial charge in [-0.05, 0) is 25.0 Å². The second-order valence-corrected chi connectivity index (χ2v) is 6.18. The normalized spacial score (nSPS) is 14.5. The maximum Gasteiger partial charge on any atom is 0.275 e. The van der Waals surface area contributed by atoms with Crippen molar-refractivity contribution in [2.45, 2.75) is 25.7 Å². The van der Waals surface area contributed by atoms with Crippen molar-refractivity contribution in [1.29, 1.82) is 0 Å². The van der Waals surface area contributed by atoms with E-state index in [0.29, 0.717) is 17.2 Å². The van der Waals surface area contributed by atoms with Gasteiger partial charge in [-0.1, -0.05) is 12.8 Å². The molecular weight excluding hydrogens is 332 g/mol. The van der Waals surface area contributed by atoms with Gasteiger partial charge in [-0.25, -0.2) is 9.97 Å². The van der Waals surface area contributed by atoms with Crippen molar-refractivity contribution in [3.8, 4) is 11.5 Å². The predicted octanol–water partition coefficient (Wildman–Crippen LogP) is 3.13. The van der Waals surface area contributed by atoms with Gasteiger partial charge in [0.25, 0.3) is 5.91 Å². The van der Waals surface area contributed by atoms with Crippen LogP contribution in [0.15, 0.2) is 30.6 Å². The third-order valence-electron chi connectivity index (χ3n) is 4.44. The maximum absolute atomic E-state index is 12.4. The lowest BCUT2D eigenvalue weighted by Gasteiger charge is -2.20. The largest absolute Gasteiger partial charge is 0.493 e. The number of methoxy groups -OCH3 is 2. The predicted molar refractivity (Wildman–Crippen MR) is 100 cm³/mol. The first-order chi connectivity index (χ1) is 12.7. The van der Waals surface area contributed by atoms with Gasteiger partial charge in [-0.3, -0.25) is 4.79 Å². The third-order valence-corrected chi connectivity index (χ3v) is 4.44. The quantitative estimate of drug-likeness (QED) is 0.887. The second kappa shape index (κ2) is 8.51. The number of hydrogen-bond donors (Lipinski definition) is 1. The van der Waals surface area contributed by atoms with Gasteiger partial charge in [-0.15, -0.1) is 0 Å². The molecule has 26 heavy (non-hydrogen) atoms. The summed E-state index contributed by atoms with van der Waals surface area (Å²) in [6.07, 6.45) is 8.06. The number of carbonyl (C=O) groups is 1. The van der Waals surface area contributed by atoms with Crippen molar-refractivity contribution in [2.75, 3.05) is 37.5 Å². The zero-order valence-corrected chi connectivity index (χ0v) is 15.2. The first-order valence-electron chi connectivity index (χ1n) is 8.81. The first-order valence-corrected chi connectivity index (χ1v) is 8.81. The highest BCUT2D eigenvalue weighted by atomic mass is 16.5. The Morgan fingerprint density at radius 2 is 1.73 bits per heavy atom. The molecule has 0 radical (unpaired) electrons. The Kier molecular flexibility index (Phi) is 5.88. The monoisotopic (exact) mass is 356 g/mol. The summed E-state index contributed by atoms with van der Waals surface area (Å²) in [6, 6.07) is 5.19. The van der Waals surface area contributed by atoms with Crippen LogP contribution in [0.1, 0.15) is 36.2 Å². The van der Waals surface area contributed by atoms with E-state index in [-0.39, 0.29) is 11.6 Å². The van der Waals surface area contributed by atoms with Crippen molar-refractivity contribution in [1.82, 2.24) is 9.97 Å².